The van der Waals surface area contributed by atoms with Gasteiger partial charge in [0, 0.05) is 25.2 Å². The molecule has 1 aromatic rings. The maximum absolute atomic E-state index is 12.2. The maximum Gasteiger partial charge on any atom is 0.238 e. The first-order valence-corrected chi connectivity index (χ1v) is 8.08. The molecule has 0 radical (unpaired) electrons. The van der Waals surface area contributed by atoms with E-state index < -0.39 is 0 Å². The number of likely N-dealkylation sites (tertiary alicyclic amines) is 1. The standard InChI is InChI=1S/C14H19N3OS/c18-13-7-15-14(10-4-6-19-9-10)17(13)12-3-5-16(8-12)11-1-2-11/h4,6,9,11-12,14-15H,1-3,5,7-8H2. The molecule has 0 bridgehead atoms. The average Bonchev–Trinajstić information content (AvgIpc) is 2.85. The Labute approximate surface area is 117 Å². The number of thiophene rings is 1. The van der Waals surface area contributed by atoms with E-state index in [0.29, 0.717) is 12.6 Å². The molecular weight excluding hydrogens is 258 g/mol. The third kappa shape index (κ3) is 2.10. The number of nitrogens with zero attached hydrogens (tertiary/aromatic N) is 2. The Bertz CT molecular complexity index is 471. The van der Waals surface area contributed by atoms with Crippen molar-refractivity contribution in [1.29, 1.82) is 0 Å². The second kappa shape index (κ2) is 4.58. The molecule has 1 saturated carbocycles. The molecule has 4 nitrogen and oxygen atoms in total. The van der Waals surface area contributed by atoms with Crippen LogP contribution in [0.15, 0.2) is 16.8 Å². The Hall–Kier alpha value is -0.910. The lowest BCUT2D eigenvalue weighted by Crippen LogP contribution is -2.41. The van der Waals surface area contributed by atoms with Crippen molar-refractivity contribution >= 4 is 17.2 Å². The van der Waals surface area contributed by atoms with E-state index in [4.69, 9.17) is 0 Å². The van der Waals surface area contributed by atoms with Gasteiger partial charge in [0.15, 0.2) is 0 Å². The molecular formula is C14H19N3OS. The minimum Gasteiger partial charge on any atom is -0.317 e. The van der Waals surface area contributed by atoms with Gasteiger partial charge in [-0.2, -0.15) is 11.3 Å². The van der Waals surface area contributed by atoms with Crippen LogP contribution in [0.2, 0.25) is 0 Å². The summed E-state index contributed by atoms with van der Waals surface area (Å²) in [5.74, 6) is 0.263. The summed E-state index contributed by atoms with van der Waals surface area (Å²) in [6.07, 6.45) is 3.94. The van der Waals surface area contributed by atoms with Crippen molar-refractivity contribution in [3.8, 4) is 0 Å². The van der Waals surface area contributed by atoms with Gasteiger partial charge < -0.3 is 4.90 Å². The highest BCUT2D eigenvalue weighted by molar-refractivity contribution is 7.07. The average molecular weight is 277 g/mol. The van der Waals surface area contributed by atoms with Gasteiger partial charge in [0.25, 0.3) is 0 Å². The first-order chi connectivity index (χ1) is 9.33. The minimum absolute atomic E-state index is 0.0999. The van der Waals surface area contributed by atoms with E-state index in [1.54, 1.807) is 11.3 Å². The van der Waals surface area contributed by atoms with E-state index in [2.05, 4.69) is 31.9 Å². The van der Waals surface area contributed by atoms with Crippen LogP contribution in [0.4, 0.5) is 0 Å². The van der Waals surface area contributed by atoms with Gasteiger partial charge >= 0.3 is 0 Å². The molecule has 1 aromatic heterocycles. The second-order valence-corrected chi connectivity index (χ2v) is 6.59. The molecule has 2 saturated heterocycles. The van der Waals surface area contributed by atoms with Crippen LogP contribution >= 0.6 is 11.3 Å². The first-order valence-electron chi connectivity index (χ1n) is 7.13. The van der Waals surface area contributed by atoms with Crippen LogP contribution in [-0.4, -0.2) is 47.4 Å². The Morgan fingerprint density at radius 1 is 1.26 bits per heavy atom. The summed E-state index contributed by atoms with van der Waals surface area (Å²) in [4.78, 5) is 16.9. The highest BCUT2D eigenvalue weighted by atomic mass is 32.1. The van der Waals surface area contributed by atoms with Gasteiger partial charge in [-0.15, -0.1) is 0 Å². The van der Waals surface area contributed by atoms with Crippen LogP contribution in [0.1, 0.15) is 31.0 Å². The van der Waals surface area contributed by atoms with E-state index in [9.17, 15) is 4.79 Å². The highest BCUT2D eigenvalue weighted by Gasteiger charge is 2.42. The Kier molecular flexibility index (Phi) is 2.86. The third-order valence-corrected chi connectivity index (χ3v) is 5.22. The summed E-state index contributed by atoms with van der Waals surface area (Å²) in [5, 5.41) is 7.60. The number of carbonyl (C=O) groups excluding carboxylic acids is 1. The third-order valence-electron chi connectivity index (χ3n) is 4.52. The summed E-state index contributed by atoms with van der Waals surface area (Å²) in [6.45, 7) is 2.72. The van der Waals surface area contributed by atoms with Crippen molar-refractivity contribution in [2.45, 2.75) is 37.5 Å². The zero-order valence-corrected chi connectivity index (χ0v) is 11.7. The summed E-state index contributed by atoms with van der Waals surface area (Å²) >= 11 is 1.70. The Morgan fingerprint density at radius 3 is 2.89 bits per heavy atom. The van der Waals surface area contributed by atoms with E-state index in [0.717, 1.165) is 25.6 Å². The minimum atomic E-state index is 0.0999. The van der Waals surface area contributed by atoms with Gasteiger partial charge in [0.05, 0.1) is 6.54 Å². The fourth-order valence-corrected chi connectivity index (χ4v) is 4.09. The van der Waals surface area contributed by atoms with E-state index in [1.165, 1.54) is 18.4 Å². The predicted octanol–water partition coefficient (Wildman–Crippen LogP) is 1.42. The Balaban J connectivity index is 1.52. The number of hydrogen-bond donors (Lipinski definition) is 1. The highest BCUT2D eigenvalue weighted by Crippen LogP contribution is 2.34. The molecule has 0 aromatic carbocycles. The van der Waals surface area contributed by atoms with Gasteiger partial charge in [0.1, 0.15) is 6.17 Å². The van der Waals surface area contributed by atoms with Crippen molar-refractivity contribution in [3.05, 3.63) is 22.4 Å². The molecule has 2 unspecified atom stereocenters. The van der Waals surface area contributed by atoms with Gasteiger partial charge in [-0.25, -0.2) is 0 Å². The van der Waals surface area contributed by atoms with Crippen LogP contribution in [-0.2, 0) is 4.79 Å². The van der Waals surface area contributed by atoms with Crippen molar-refractivity contribution < 1.29 is 4.79 Å². The van der Waals surface area contributed by atoms with E-state index >= 15 is 0 Å². The summed E-state index contributed by atoms with van der Waals surface area (Å²) < 4.78 is 0. The molecule has 1 N–H and O–H groups in total. The fourth-order valence-electron chi connectivity index (χ4n) is 3.41. The molecule has 1 amide bonds. The first kappa shape index (κ1) is 11.9. The van der Waals surface area contributed by atoms with Crippen molar-refractivity contribution in [3.63, 3.8) is 0 Å². The molecule has 3 aliphatic rings. The fraction of sp³-hybridized carbons (Fsp3) is 0.643. The molecule has 3 heterocycles. The van der Waals surface area contributed by atoms with Crippen LogP contribution < -0.4 is 5.32 Å². The van der Waals surface area contributed by atoms with Crippen molar-refractivity contribution in [1.82, 2.24) is 15.1 Å². The molecule has 0 spiro atoms. The Morgan fingerprint density at radius 2 is 2.16 bits per heavy atom. The molecule has 2 aliphatic heterocycles. The largest absolute Gasteiger partial charge is 0.317 e. The van der Waals surface area contributed by atoms with Crippen LogP contribution in [0.5, 0.6) is 0 Å². The number of amides is 1. The quantitative estimate of drug-likeness (QED) is 0.907. The normalized spacial score (nSPS) is 32.4. The van der Waals surface area contributed by atoms with E-state index in [1.807, 2.05) is 0 Å². The molecule has 19 heavy (non-hydrogen) atoms. The summed E-state index contributed by atoms with van der Waals surface area (Å²) in [5.41, 5.74) is 1.24. The van der Waals surface area contributed by atoms with Crippen molar-refractivity contribution in [2.24, 2.45) is 0 Å². The monoisotopic (exact) mass is 277 g/mol. The van der Waals surface area contributed by atoms with Crippen molar-refractivity contribution in [2.75, 3.05) is 19.6 Å². The van der Waals surface area contributed by atoms with Gasteiger partial charge in [-0.05, 0) is 41.7 Å². The summed E-state index contributed by atoms with van der Waals surface area (Å²) in [7, 11) is 0. The van der Waals surface area contributed by atoms with Gasteiger partial charge in [0.2, 0.25) is 5.91 Å². The van der Waals surface area contributed by atoms with Gasteiger partial charge in [-0.1, -0.05) is 0 Å². The second-order valence-electron chi connectivity index (χ2n) is 5.81. The van der Waals surface area contributed by atoms with Crippen LogP contribution in [0.3, 0.4) is 0 Å². The molecule has 5 heteroatoms. The molecule has 3 fully saturated rings. The summed E-state index contributed by atoms with van der Waals surface area (Å²) in [6, 6.07) is 3.34. The zero-order valence-electron chi connectivity index (χ0n) is 10.9. The lowest BCUT2D eigenvalue weighted by atomic mass is 10.1. The van der Waals surface area contributed by atoms with Crippen LogP contribution in [0.25, 0.3) is 0 Å². The van der Waals surface area contributed by atoms with E-state index in [-0.39, 0.29) is 12.1 Å². The molecule has 4 rings (SSSR count). The maximum atomic E-state index is 12.2. The zero-order chi connectivity index (χ0) is 12.8. The smallest absolute Gasteiger partial charge is 0.238 e. The van der Waals surface area contributed by atoms with Crippen LogP contribution in [0, 0.1) is 0 Å². The number of carbonyl (C=O) groups is 1. The molecule has 1 aliphatic carbocycles. The SMILES string of the molecule is O=C1CNC(c2ccsc2)N1C1CCN(C2CC2)C1. The molecule has 2 atom stereocenters. The number of hydrogen-bond acceptors (Lipinski definition) is 4. The number of nitrogens with one attached hydrogen (secondary N) is 1. The lowest BCUT2D eigenvalue weighted by Gasteiger charge is -2.30. The molecule has 102 valence electrons. The number of rotatable bonds is 3. The lowest BCUT2D eigenvalue weighted by molar-refractivity contribution is -0.130. The topological polar surface area (TPSA) is 35.6 Å². The predicted molar refractivity (Wildman–Crippen MR) is 74.9 cm³/mol. The van der Waals surface area contributed by atoms with Gasteiger partial charge in [-0.3, -0.25) is 15.0 Å².